The van der Waals surface area contributed by atoms with E-state index in [0.717, 1.165) is 33.9 Å². The average Bonchev–Trinajstić information content (AvgIpc) is 3.04. The van der Waals surface area contributed by atoms with E-state index in [9.17, 15) is 4.79 Å². The molecule has 1 aliphatic rings. The number of amides is 2. The molecule has 0 unspecified atom stereocenters. The second-order valence-corrected chi connectivity index (χ2v) is 6.88. The van der Waals surface area contributed by atoms with Gasteiger partial charge in [0.2, 0.25) is 0 Å². The summed E-state index contributed by atoms with van der Waals surface area (Å²) in [7, 11) is 0. The van der Waals surface area contributed by atoms with Crippen molar-refractivity contribution in [3.05, 3.63) is 72.6 Å². The summed E-state index contributed by atoms with van der Waals surface area (Å²) in [5.74, 6) is 0. The van der Waals surface area contributed by atoms with Gasteiger partial charge in [0.05, 0.1) is 16.7 Å². The SMILES string of the molecule is C[C@H]1Cc2ccccc2N1C(=O)Nc1cc2cccnc2c2cccnc12. The molecule has 0 spiro atoms. The number of anilines is 2. The number of benzene rings is 2. The first-order valence-corrected chi connectivity index (χ1v) is 9.03. The maximum absolute atomic E-state index is 13.1. The molecule has 0 radical (unpaired) electrons. The maximum Gasteiger partial charge on any atom is 0.326 e. The number of hydrogen-bond acceptors (Lipinski definition) is 3. The van der Waals surface area contributed by atoms with E-state index in [0.29, 0.717) is 5.69 Å². The van der Waals surface area contributed by atoms with E-state index in [4.69, 9.17) is 0 Å². The fourth-order valence-corrected chi connectivity index (χ4v) is 3.94. The Bertz CT molecular complexity index is 1190. The first-order valence-electron chi connectivity index (χ1n) is 9.03. The Morgan fingerprint density at radius 3 is 2.70 bits per heavy atom. The normalized spacial score (nSPS) is 15.9. The Morgan fingerprint density at radius 1 is 1.04 bits per heavy atom. The minimum atomic E-state index is -0.136. The summed E-state index contributed by atoms with van der Waals surface area (Å²) in [4.78, 5) is 24.0. The molecule has 27 heavy (non-hydrogen) atoms. The summed E-state index contributed by atoms with van der Waals surface area (Å²) in [5.41, 5.74) is 4.51. The van der Waals surface area contributed by atoms with Crippen molar-refractivity contribution in [3.63, 3.8) is 0 Å². The zero-order valence-corrected chi connectivity index (χ0v) is 14.9. The predicted molar refractivity (Wildman–Crippen MR) is 108 cm³/mol. The molecule has 3 heterocycles. The number of pyridine rings is 2. The van der Waals surface area contributed by atoms with Crippen LogP contribution in [-0.4, -0.2) is 22.0 Å². The van der Waals surface area contributed by atoms with Crippen LogP contribution in [0.25, 0.3) is 21.8 Å². The molecule has 1 N–H and O–H groups in total. The van der Waals surface area contributed by atoms with Crippen molar-refractivity contribution in [2.24, 2.45) is 0 Å². The van der Waals surface area contributed by atoms with Crippen LogP contribution in [0.2, 0.25) is 0 Å². The van der Waals surface area contributed by atoms with E-state index in [1.165, 1.54) is 5.56 Å². The fraction of sp³-hybridized carbons (Fsp3) is 0.136. The topological polar surface area (TPSA) is 58.1 Å². The van der Waals surface area contributed by atoms with Crippen molar-refractivity contribution in [2.45, 2.75) is 19.4 Å². The van der Waals surface area contributed by atoms with Crippen molar-refractivity contribution in [1.82, 2.24) is 9.97 Å². The van der Waals surface area contributed by atoms with Crippen LogP contribution in [0.5, 0.6) is 0 Å². The molecular formula is C22H18N4O. The number of rotatable bonds is 1. The number of fused-ring (bicyclic) bond motifs is 4. The quantitative estimate of drug-likeness (QED) is 0.501. The molecule has 2 aromatic heterocycles. The number of hydrogen-bond donors (Lipinski definition) is 1. The fourth-order valence-electron chi connectivity index (χ4n) is 3.94. The molecule has 2 aromatic carbocycles. The van der Waals surface area contributed by atoms with Crippen molar-refractivity contribution < 1.29 is 4.79 Å². The highest BCUT2D eigenvalue weighted by molar-refractivity contribution is 6.14. The van der Waals surface area contributed by atoms with Gasteiger partial charge in [0, 0.05) is 34.9 Å². The van der Waals surface area contributed by atoms with E-state index < -0.39 is 0 Å². The van der Waals surface area contributed by atoms with Crippen LogP contribution in [0, 0.1) is 0 Å². The van der Waals surface area contributed by atoms with Gasteiger partial charge in [0.1, 0.15) is 0 Å². The highest BCUT2D eigenvalue weighted by Gasteiger charge is 2.31. The molecule has 132 valence electrons. The summed E-state index contributed by atoms with van der Waals surface area (Å²) in [6.45, 7) is 2.07. The van der Waals surface area contributed by atoms with Gasteiger partial charge in [-0.25, -0.2) is 4.79 Å². The molecule has 5 nitrogen and oxygen atoms in total. The standard InChI is InChI=1S/C22H18N4O/c1-14-12-15-6-2-3-9-19(15)26(14)22(27)25-18-13-16-7-4-10-23-20(16)17-8-5-11-24-21(17)18/h2-11,13-14H,12H2,1H3,(H,25,27)/t14-/m0/s1. The van der Waals surface area contributed by atoms with Crippen LogP contribution in [-0.2, 0) is 6.42 Å². The van der Waals surface area contributed by atoms with Gasteiger partial charge in [-0.1, -0.05) is 24.3 Å². The third-order valence-corrected chi connectivity index (χ3v) is 5.12. The van der Waals surface area contributed by atoms with Crippen LogP contribution in [0.1, 0.15) is 12.5 Å². The van der Waals surface area contributed by atoms with E-state index in [2.05, 4.69) is 28.3 Å². The van der Waals surface area contributed by atoms with Gasteiger partial charge in [-0.3, -0.25) is 14.9 Å². The molecule has 5 rings (SSSR count). The molecule has 0 aliphatic carbocycles. The van der Waals surface area contributed by atoms with E-state index in [1.807, 2.05) is 53.4 Å². The smallest absolute Gasteiger partial charge is 0.305 e. The molecule has 2 amide bonds. The van der Waals surface area contributed by atoms with Gasteiger partial charge in [0.15, 0.2) is 0 Å². The van der Waals surface area contributed by atoms with Gasteiger partial charge in [-0.05, 0) is 49.2 Å². The van der Waals surface area contributed by atoms with Gasteiger partial charge in [-0.15, -0.1) is 0 Å². The van der Waals surface area contributed by atoms with Crippen molar-refractivity contribution in [2.75, 3.05) is 10.2 Å². The van der Waals surface area contributed by atoms with E-state index >= 15 is 0 Å². The van der Waals surface area contributed by atoms with Crippen LogP contribution in [0.15, 0.2) is 67.0 Å². The third kappa shape index (κ3) is 2.51. The molecule has 4 aromatic rings. The molecular weight excluding hydrogens is 336 g/mol. The van der Waals surface area contributed by atoms with Gasteiger partial charge in [-0.2, -0.15) is 0 Å². The Hall–Kier alpha value is -3.47. The van der Waals surface area contributed by atoms with Crippen LogP contribution in [0.4, 0.5) is 16.2 Å². The molecule has 0 fully saturated rings. The van der Waals surface area contributed by atoms with E-state index in [1.54, 1.807) is 12.4 Å². The lowest BCUT2D eigenvalue weighted by atomic mass is 10.1. The average molecular weight is 354 g/mol. The van der Waals surface area contributed by atoms with Crippen molar-refractivity contribution >= 4 is 39.2 Å². The predicted octanol–water partition coefficient (Wildman–Crippen LogP) is 4.77. The summed E-state index contributed by atoms with van der Waals surface area (Å²) in [6, 6.07) is 17.8. The molecule has 0 saturated heterocycles. The second kappa shape index (κ2) is 6.06. The zero-order chi connectivity index (χ0) is 18.4. The zero-order valence-electron chi connectivity index (χ0n) is 14.9. The summed E-state index contributed by atoms with van der Waals surface area (Å²) in [5, 5.41) is 4.99. The maximum atomic E-state index is 13.1. The Balaban J connectivity index is 1.59. The highest BCUT2D eigenvalue weighted by Crippen LogP contribution is 2.34. The van der Waals surface area contributed by atoms with Crippen molar-refractivity contribution in [1.29, 1.82) is 0 Å². The minimum absolute atomic E-state index is 0.115. The Labute approximate surface area is 156 Å². The Kier molecular flexibility index (Phi) is 3.53. The minimum Gasteiger partial charge on any atom is -0.305 e. The lowest BCUT2D eigenvalue weighted by molar-refractivity contribution is 0.256. The molecule has 0 bridgehead atoms. The molecule has 1 aliphatic heterocycles. The van der Waals surface area contributed by atoms with E-state index in [-0.39, 0.29) is 12.1 Å². The summed E-state index contributed by atoms with van der Waals surface area (Å²) in [6.07, 6.45) is 4.38. The lowest BCUT2D eigenvalue weighted by Gasteiger charge is -2.23. The molecule has 5 heteroatoms. The monoisotopic (exact) mass is 354 g/mol. The first kappa shape index (κ1) is 15.8. The number of para-hydroxylation sites is 1. The van der Waals surface area contributed by atoms with Gasteiger partial charge >= 0.3 is 6.03 Å². The largest absolute Gasteiger partial charge is 0.326 e. The lowest BCUT2D eigenvalue weighted by Crippen LogP contribution is -2.39. The summed E-state index contributed by atoms with van der Waals surface area (Å²) < 4.78 is 0. The number of urea groups is 1. The third-order valence-electron chi connectivity index (χ3n) is 5.12. The van der Waals surface area contributed by atoms with Gasteiger partial charge < -0.3 is 5.32 Å². The number of carbonyl (C=O) groups is 1. The summed E-state index contributed by atoms with van der Waals surface area (Å²) >= 11 is 0. The number of nitrogens with zero attached hydrogens (tertiary/aromatic N) is 3. The van der Waals surface area contributed by atoms with Crippen LogP contribution in [0.3, 0.4) is 0 Å². The van der Waals surface area contributed by atoms with Crippen molar-refractivity contribution in [3.8, 4) is 0 Å². The second-order valence-electron chi connectivity index (χ2n) is 6.88. The molecule has 0 saturated carbocycles. The van der Waals surface area contributed by atoms with Crippen LogP contribution >= 0.6 is 0 Å². The number of aromatic nitrogens is 2. The number of carbonyl (C=O) groups excluding carboxylic acids is 1. The van der Waals surface area contributed by atoms with Crippen LogP contribution < -0.4 is 10.2 Å². The van der Waals surface area contributed by atoms with Gasteiger partial charge in [0.25, 0.3) is 0 Å². The first-order chi connectivity index (χ1) is 13.2. The Morgan fingerprint density at radius 2 is 1.81 bits per heavy atom. The highest BCUT2D eigenvalue weighted by atomic mass is 16.2. The number of nitrogens with one attached hydrogen (secondary N) is 1. The molecule has 1 atom stereocenters.